The molecule has 5 nitrogen and oxygen atoms in total. The second-order valence-corrected chi connectivity index (χ2v) is 8.07. The van der Waals surface area contributed by atoms with E-state index >= 15 is 0 Å². The summed E-state index contributed by atoms with van der Waals surface area (Å²) >= 11 is 0. The lowest BCUT2D eigenvalue weighted by molar-refractivity contribution is -0.130. The van der Waals surface area contributed by atoms with E-state index in [-0.39, 0.29) is 5.91 Å². The van der Waals surface area contributed by atoms with Gasteiger partial charge in [-0.1, -0.05) is 31.4 Å². The minimum absolute atomic E-state index is 0.238. The van der Waals surface area contributed by atoms with E-state index in [2.05, 4.69) is 9.97 Å². The van der Waals surface area contributed by atoms with Crippen molar-refractivity contribution in [3.63, 3.8) is 0 Å². The summed E-state index contributed by atoms with van der Waals surface area (Å²) < 4.78 is 6.02. The highest BCUT2D eigenvalue weighted by molar-refractivity contribution is 5.82. The van der Waals surface area contributed by atoms with Gasteiger partial charge in [0, 0.05) is 32.4 Å². The Balaban J connectivity index is 1.29. The highest BCUT2D eigenvalue weighted by Gasteiger charge is 2.18. The van der Waals surface area contributed by atoms with Crippen molar-refractivity contribution >= 4 is 16.9 Å². The normalized spacial score (nSPS) is 14.8. The van der Waals surface area contributed by atoms with Gasteiger partial charge in [0.15, 0.2) is 0 Å². The predicted octanol–water partition coefficient (Wildman–Crippen LogP) is 5.33. The molecule has 1 aliphatic carbocycles. The number of nitrogens with zero attached hydrogens (tertiary/aromatic N) is 2. The monoisotopic (exact) mass is 391 g/mol. The first-order chi connectivity index (χ1) is 14.2. The Morgan fingerprint density at radius 1 is 1.14 bits per heavy atom. The minimum atomic E-state index is 0.238. The third-order valence-corrected chi connectivity index (χ3v) is 5.88. The molecule has 1 N–H and O–H groups in total. The van der Waals surface area contributed by atoms with E-state index in [1.165, 1.54) is 32.1 Å². The smallest absolute Gasteiger partial charge is 0.222 e. The maximum atomic E-state index is 12.5. The van der Waals surface area contributed by atoms with Crippen LogP contribution >= 0.6 is 0 Å². The molecule has 0 spiro atoms. The molecule has 1 saturated carbocycles. The average molecular weight is 392 g/mol. The van der Waals surface area contributed by atoms with Crippen LogP contribution < -0.4 is 4.74 Å². The standard InChI is InChI=1S/C24H29N3O2/c1-27(17-19-5-3-2-4-6-19)23(28)12-9-18-7-10-20(11-8-18)29-22-14-16-26-24-21(22)13-15-25-24/h7-8,10-11,13-16,19H,2-6,9,12,17H2,1H3,(H,25,26). The Morgan fingerprint density at radius 2 is 1.93 bits per heavy atom. The van der Waals surface area contributed by atoms with Crippen LogP contribution in [0.2, 0.25) is 0 Å². The van der Waals surface area contributed by atoms with E-state index in [1.54, 1.807) is 6.20 Å². The number of aromatic amines is 1. The zero-order valence-corrected chi connectivity index (χ0v) is 17.1. The average Bonchev–Trinajstić information content (AvgIpc) is 3.24. The number of aromatic nitrogens is 2. The number of carbonyl (C=O) groups is 1. The lowest BCUT2D eigenvalue weighted by Crippen LogP contribution is -2.32. The highest BCUT2D eigenvalue weighted by atomic mass is 16.5. The number of benzene rings is 1. The van der Waals surface area contributed by atoms with Gasteiger partial charge in [-0.05, 0) is 55.0 Å². The van der Waals surface area contributed by atoms with Crippen molar-refractivity contribution in [2.24, 2.45) is 5.92 Å². The fourth-order valence-corrected chi connectivity index (χ4v) is 4.18. The third-order valence-electron chi connectivity index (χ3n) is 5.88. The van der Waals surface area contributed by atoms with Crippen LogP contribution in [0.25, 0.3) is 11.0 Å². The van der Waals surface area contributed by atoms with Gasteiger partial charge in [0.1, 0.15) is 17.1 Å². The lowest BCUT2D eigenvalue weighted by atomic mass is 9.89. The summed E-state index contributed by atoms with van der Waals surface area (Å²) in [6, 6.07) is 11.8. The molecule has 29 heavy (non-hydrogen) atoms. The summed E-state index contributed by atoms with van der Waals surface area (Å²) in [5.74, 6) is 2.49. The summed E-state index contributed by atoms with van der Waals surface area (Å²) in [6.45, 7) is 0.908. The van der Waals surface area contributed by atoms with Crippen LogP contribution in [0.4, 0.5) is 0 Å². The van der Waals surface area contributed by atoms with Crippen LogP contribution in [-0.4, -0.2) is 34.4 Å². The van der Waals surface area contributed by atoms with E-state index < -0.39 is 0 Å². The van der Waals surface area contributed by atoms with E-state index in [9.17, 15) is 4.79 Å². The minimum Gasteiger partial charge on any atom is -0.457 e. The molecule has 0 aliphatic heterocycles. The number of H-pyrrole nitrogens is 1. The fraction of sp³-hybridized carbons (Fsp3) is 0.417. The molecule has 0 unspecified atom stereocenters. The van der Waals surface area contributed by atoms with Crippen LogP contribution in [0.5, 0.6) is 11.5 Å². The van der Waals surface area contributed by atoms with Gasteiger partial charge in [0.05, 0.1) is 5.39 Å². The van der Waals surface area contributed by atoms with Crippen molar-refractivity contribution in [3.05, 3.63) is 54.4 Å². The Hall–Kier alpha value is -2.82. The number of pyridine rings is 1. The number of hydrogen-bond donors (Lipinski definition) is 1. The van der Waals surface area contributed by atoms with Crippen LogP contribution in [0.15, 0.2) is 48.8 Å². The van der Waals surface area contributed by atoms with Gasteiger partial charge >= 0.3 is 0 Å². The largest absolute Gasteiger partial charge is 0.457 e. The van der Waals surface area contributed by atoms with Crippen molar-refractivity contribution in [3.8, 4) is 11.5 Å². The van der Waals surface area contributed by atoms with E-state index in [4.69, 9.17) is 4.74 Å². The quantitative estimate of drug-likeness (QED) is 0.592. The van der Waals surface area contributed by atoms with Crippen LogP contribution in [0.1, 0.15) is 44.1 Å². The van der Waals surface area contributed by atoms with Gasteiger partial charge < -0.3 is 14.6 Å². The van der Waals surface area contributed by atoms with E-state index in [0.29, 0.717) is 12.3 Å². The van der Waals surface area contributed by atoms with Crippen molar-refractivity contribution in [2.45, 2.75) is 44.9 Å². The van der Waals surface area contributed by atoms with Crippen LogP contribution in [0.3, 0.4) is 0 Å². The fourth-order valence-electron chi connectivity index (χ4n) is 4.18. The Morgan fingerprint density at radius 3 is 2.72 bits per heavy atom. The summed E-state index contributed by atoms with van der Waals surface area (Å²) in [6.07, 6.45) is 11.4. The van der Waals surface area contributed by atoms with Crippen molar-refractivity contribution in [1.29, 1.82) is 0 Å². The molecule has 1 fully saturated rings. The molecule has 1 aromatic carbocycles. The van der Waals surface area contributed by atoms with E-state index in [0.717, 1.165) is 41.1 Å². The molecule has 0 atom stereocenters. The van der Waals surface area contributed by atoms with Gasteiger partial charge in [-0.3, -0.25) is 4.79 Å². The third kappa shape index (κ3) is 4.97. The molecule has 2 heterocycles. The van der Waals surface area contributed by atoms with Crippen molar-refractivity contribution in [1.82, 2.24) is 14.9 Å². The molecule has 1 amide bonds. The molecular weight excluding hydrogens is 362 g/mol. The Labute approximate surface area is 172 Å². The molecule has 4 rings (SSSR count). The van der Waals surface area contributed by atoms with Gasteiger partial charge in [0.25, 0.3) is 0 Å². The molecule has 1 aliphatic rings. The van der Waals surface area contributed by atoms with Crippen LogP contribution in [-0.2, 0) is 11.2 Å². The zero-order chi connectivity index (χ0) is 20.1. The first-order valence-corrected chi connectivity index (χ1v) is 10.6. The Kier molecular flexibility index (Phi) is 6.13. The molecule has 5 heteroatoms. The topological polar surface area (TPSA) is 58.2 Å². The number of rotatable bonds is 7. The first-order valence-electron chi connectivity index (χ1n) is 10.6. The summed E-state index contributed by atoms with van der Waals surface area (Å²) in [5, 5.41) is 0.961. The second kappa shape index (κ2) is 9.12. The first kappa shape index (κ1) is 19.5. The van der Waals surface area contributed by atoms with Crippen molar-refractivity contribution < 1.29 is 9.53 Å². The molecule has 0 bridgehead atoms. The summed E-state index contributed by atoms with van der Waals surface area (Å²) in [4.78, 5) is 21.8. The number of aryl methyl sites for hydroxylation is 1. The Bertz CT molecular complexity index is 942. The maximum Gasteiger partial charge on any atom is 0.222 e. The number of ether oxygens (including phenoxy) is 1. The molecule has 0 saturated heterocycles. The highest BCUT2D eigenvalue weighted by Crippen LogP contribution is 2.28. The molecule has 3 aromatic rings. The molecule has 2 aromatic heterocycles. The van der Waals surface area contributed by atoms with Gasteiger partial charge in [-0.25, -0.2) is 4.98 Å². The van der Waals surface area contributed by atoms with Gasteiger partial charge in [0.2, 0.25) is 5.91 Å². The number of hydrogen-bond acceptors (Lipinski definition) is 3. The van der Waals surface area contributed by atoms with Gasteiger partial charge in [-0.15, -0.1) is 0 Å². The zero-order valence-electron chi connectivity index (χ0n) is 17.1. The van der Waals surface area contributed by atoms with Crippen LogP contribution in [0, 0.1) is 5.92 Å². The summed E-state index contributed by atoms with van der Waals surface area (Å²) in [7, 11) is 1.95. The number of carbonyl (C=O) groups excluding carboxylic acids is 1. The predicted molar refractivity (Wildman–Crippen MR) is 115 cm³/mol. The van der Waals surface area contributed by atoms with Crippen molar-refractivity contribution in [2.75, 3.05) is 13.6 Å². The molecule has 152 valence electrons. The SMILES string of the molecule is CN(CC1CCCCC1)C(=O)CCc1ccc(Oc2ccnc3[nH]ccc23)cc1. The van der Waals surface area contributed by atoms with E-state index in [1.807, 2.05) is 54.5 Å². The second-order valence-electron chi connectivity index (χ2n) is 8.07. The molecular formula is C24H29N3O2. The number of nitrogens with one attached hydrogen (secondary N) is 1. The maximum absolute atomic E-state index is 12.5. The molecule has 0 radical (unpaired) electrons. The summed E-state index contributed by atoms with van der Waals surface area (Å²) in [5.41, 5.74) is 1.97. The lowest BCUT2D eigenvalue weighted by Gasteiger charge is -2.27. The number of amides is 1. The van der Waals surface area contributed by atoms with Gasteiger partial charge in [-0.2, -0.15) is 0 Å². The number of fused-ring (bicyclic) bond motifs is 1.